The highest BCUT2D eigenvalue weighted by atomic mass is 16.5. The van der Waals surface area contributed by atoms with E-state index in [1.54, 1.807) is 6.07 Å². The summed E-state index contributed by atoms with van der Waals surface area (Å²) in [6.45, 7) is 7.14. The minimum atomic E-state index is -0.297. The largest absolute Gasteiger partial charge is 0.465 e. The molecule has 0 aromatic heterocycles. The Morgan fingerprint density at radius 1 is 1.52 bits per heavy atom. The SMILES string of the molecule is CCC1(C)CC(Nc2ccc(C(=O)OC)cc2C)CCO1. The fraction of sp³-hybridized carbons (Fsp3) is 0.588. The normalized spacial score (nSPS) is 25.4. The van der Waals surface area contributed by atoms with Gasteiger partial charge in [0.15, 0.2) is 0 Å². The van der Waals surface area contributed by atoms with Crippen molar-refractivity contribution >= 4 is 11.7 Å². The summed E-state index contributed by atoms with van der Waals surface area (Å²) in [5, 5.41) is 3.59. The number of esters is 1. The van der Waals surface area contributed by atoms with E-state index in [1.165, 1.54) is 7.11 Å². The molecule has 1 heterocycles. The maximum Gasteiger partial charge on any atom is 0.337 e. The summed E-state index contributed by atoms with van der Waals surface area (Å²) in [7, 11) is 1.40. The van der Waals surface area contributed by atoms with E-state index in [1.807, 2.05) is 19.1 Å². The third-order valence-electron chi connectivity index (χ3n) is 4.35. The molecule has 116 valence electrons. The number of nitrogens with one attached hydrogen (secondary N) is 1. The molecule has 0 spiro atoms. The van der Waals surface area contributed by atoms with E-state index in [0.717, 1.165) is 37.1 Å². The van der Waals surface area contributed by atoms with Gasteiger partial charge in [0.2, 0.25) is 0 Å². The van der Waals surface area contributed by atoms with Crippen molar-refractivity contribution in [2.45, 2.75) is 51.7 Å². The van der Waals surface area contributed by atoms with Gasteiger partial charge < -0.3 is 14.8 Å². The summed E-state index contributed by atoms with van der Waals surface area (Å²) in [6.07, 6.45) is 3.03. The molecule has 1 aromatic carbocycles. The van der Waals surface area contributed by atoms with Gasteiger partial charge in [0.05, 0.1) is 18.3 Å². The highest BCUT2D eigenvalue weighted by Crippen LogP contribution is 2.30. The first kappa shape index (κ1) is 15.8. The molecule has 2 unspecified atom stereocenters. The zero-order valence-electron chi connectivity index (χ0n) is 13.4. The average molecular weight is 291 g/mol. The molecule has 2 rings (SSSR count). The molecule has 1 N–H and O–H groups in total. The second kappa shape index (κ2) is 6.48. The van der Waals surface area contributed by atoms with E-state index < -0.39 is 0 Å². The zero-order valence-corrected chi connectivity index (χ0v) is 13.4. The topological polar surface area (TPSA) is 47.6 Å². The van der Waals surface area contributed by atoms with Crippen LogP contribution in [0.4, 0.5) is 5.69 Å². The summed E-state index contributed by atoms with van der Waals surface area (Å²) in [6, 6.07) is 6.04. The molecule has 1 fully saturated rings. The van der Waals surface area contributed by atoms with Gasteiger partial charge in [-0.05, 0) is 56.9 Å². The van der Waals surface area contributed by atoms with Crippen LogP contribution in [0, 0.1) is 6.92 Å². The van der Waals surface area contributed by atoms with Gasteiger partial charge in [0.25, 0.3) is 0 Å². The summed E-state index contributed by atoms with van der Waals surface area (Å²) >= 11 is 0. The smallest absolute Gasteiger partial charge is 0.337 e. The molecule has 0 saturated carbocycles. The molecule has 1 aliphatic rings. The summed E-state index contributed by atoms with van der Waals surface area (Å²) in [4.78, 5) is 11.5. The van der Waals surface area contributed by atoms with Crippen LogP contribution >= 0.6 is 0 Å². The van der Waals surface area contributed by atoms with Crippen molar-refractivity contribution in [2.75, 3.05) is 19.0 Å². The Hall–Kier alpha value is -1.55. The standard InChI is InChI=1S/C17H25NO3/c1-5-17(3)11-14(8-9-21-17)18-15-7-6-13(10-12(15)2)16(19)20-4/h6-7,10,14,18H,5,8-9,11H2,1-4H3. The van der Waals surface area contributed by atoms with Crippen molar-refractivity contribution in [1.82, 2.24) is 0 Å². The number of carbonyl (C=O) groups is 1. The van der Waals surface area contributed by atoms with Crippen LogP contribution in [0.25, 0.3) is 0 Å². The highest BCUT2D eigenvalue weighted by Gasteiger charge is 2.31. The lowest BCUT2D eigenvalue weighted by atomic mass is 9.89. The van der Waals surface area contributed by atoms with Crippen LogP contribution in [0.1, 0.15) is 49.0 Å². The first-order valence-electron chi connectivity index (χ1n) is 7.57. The summed E-state index contributed by atoms with van der Waals surface area (Å²) in [5.74, 6) is -0.297. The van der Waals surface area contributed by atoms with Gasteiger partial charge in [-0.2, -0.15) is 0 Å². The predicted molar refractivity (Wildman–Crippen MR) is 83.8 cm³/mol. The van der Waals surface area contributed by atoms with Crippen LogP contribution in [0.5, 0.6) is 0 Å². The third kappa shape index (κ3) is 3.76. The van der Waals surface area contributed by atoms with Gasteiger partial charge >= 0.3 is 5.97 Å². The Kier molecular flexibility index (Phi) is 4.88. The number of hydrogen-bond donors (Lipinski definition) is 1. The van der Waals surface area contributed by atoms with E-state index in [-0.39, 0.29) is 11.6 Å². The van der Waals surface area contributed by atoms with Crippen LogP contribution in [0.3, 0.4) is 0 Å². The van der Waals surface area contributed by atoms with Crippen LogP contribution in [-0.2, 0) is 9.47 Å². The number of anilines is 1. The van der Waals surface area contributed by atoms with Crippen LogP contribution in [-0.4, -0.2) is 31.3 Å². The quantitative estimate of drug-likeness (QED) is 0.862. The number of rotatable bonds is 4. The number of methoxy groups -OCH3 is 1. The fourth-order valence-electron chi connectivity index (χ4n) is 2.79. The zero-order chi connectivity index (χ0) is 15.5. The van der Waals surface area contributed by atoms with E-state index in [9.17, 15) is 4.79 Å². The molecular formula is C17H25NO3. The lowest BCUT2D eigenvalue weighted by Gasteiger charge is -2.38. The number of ether oxygens (including phenoxy) is 2. The Labute approximate surface area is 126 Å². The molecule has 1 aliphatic heterocycles. The second-order valence-electron chi connectivity index (χ2n) is 6.01. The van der Waals surface area contributed by atoms with Gasteiger partial charge in [0.1, 0.15) is 0 Å². The monoisotopic (exact) mass is 291 g/mol. The third-order valence-corrected chi connectivity index (χ3v) is 4.35. The van der Waals surface area contributed by atoms with E-state index in [2.05, 4.69) is 19.2 Å². The molecule has 0 aliphatic carbocycles. The molecule has 21 heavy (non-hydrogen) atoms. The molecule has 0 bridgehead atoms. The Morgan fingerprint density at radius 3 is 2.90 bits per heavy atom. The van der Waals surface area contributed by atoms with Crippen molar-refractivity contribution in [3.05, 3.63) is 29.3 Å². The molecule has 0 radical (unpaired) electrons. The van der Waals surface area contributed by atoms with Crippen molar-refractivity contribution in [1.29, 1.82) is 0 Å². The number of carbonyl (C=O) groups excluding carboxylic acids is 1. The Morgan fingerprint density at radius 2 is 2.29 bits per heavy atom. The Bertz CT molecular complexity index is 515. The lowest BCUT2D eigenvalue weighted by molar-refractivity contribution is -0.0708. The van der Waals surface area contributed by atoms with Gasteiger partial charge in [-0.1, -0.05) is 6.92 Å². The molecule has 4 heteroatoms. The number of aryl methyl sites for hydroxylation is 1. The van der Waals surface area contributed by atoms with Crippen LogP contribution in [0.2, 0.25) is 0 Å². The highest BCUT2D eigenvalue weighted by molar-refractivity contribution is 5.90. The summed E-state index contributed by atoms with van der Waals surface area (Å²) in [5.41, 5.74) is 2.69. The second-order valence-corrected chi connectivity index (χ2v) is 6.01. The van der Waals surface area contributed by atoms with E-state index in [4.69, 9.17) is 9.47 Å². The molecule has 4 nitrogen and oxygen atoms in total. The van der Waals surface area contributed by atoms with Crippen molar-refractivity contribution in [2.24, 2.45) is 0 Å². The lowest BCUT2D eigenvalue weighted by Crippen LogP contribution is -2.41. The van der Waals surface area contributed by atoms with Crippen molar-refractivity contribution in [3.63, 3.8) is 0 Å². The molecular weight excluding hydrogens is 266 g/mol. The van der Waals surface area contributed by atoms with Crippen LogP contribution in [0.15, 0.2) is 18.2 Å². The van der Waals surface area contributed by atoms with E-state index >= 15 is 0 Å². The molecule has 2 atom stereocenters. The first-order valence-corrected chi connectivity index (χ1v) is 7.57. The minimum absolute atomic E-state index is 0.0320. The molecule has 1 aromatic rings. The minimum Gasteiger partial charge on any atom is -0.465 e. The van der Waals surface area contributed by atoms with Gasteiger partial charge in [-0.3, -0.25) is 0 Å². The first-order chi connectivity index (χ1) is 9.97. The van der Waals surface area contributed by atoms with Gasteiger partial charge in [-0.15, -0.1) is 0 Å². The van der Waals surface area contributed by atoms with Gasteiger partial charge in [-0.25, -0.2) is 4.79 Å². The van der Waals surface area contributed by atoms with E-state index in [0.29, 0.717) is 11.6 Å². The molecule has 1 saturated heterocycles. The fourth-order valence-corrected chi connectivity index (χ4v) is 2.79. The van der Waals surface area contributed by atoms with Crippen LogP contribution < -0.4 is 5.32 Å². The summed E-state index contributed by atoms with van der Waals surface area (Å²) < 4.78 is 10.6. The maximum atomic E-state index is 11.5. The predicted octanol–water partition coefficient (Wildman–Crippen LogP) is 3.54. The van der Waals surface area contributed by atoms with Crippen molar-refractivity contribution in [3.8, 4) is 0 Å². The van der Waals surface area contributed by atoms with Gasteiger partial charge in [0, 0.05) is 18.3 Å². The molecule has 0 amide bonds. The number of benzene rings is 1. The number of hydrogen-bond acceptors (Lipinski definition) is 4. The Balaban J connectivity index is 2.08. The van der Waals surface area contributed by atoms with Crippen molar-refractivity contribution < 1.29 is 14.3 Å². The maximum absolute atomic E-state index is 11.5. The average Bonchev–Trinajstić information content (AvgIpc) is 2.48.